The fourth-order valence-electron chi connectivity index (χ4n) is 0.935. The molecule has 0 saturated heterocycles. The fraction of sp³-hybridized carbons (Fsp3) is 0.250. The van der Waals surface area contributed by atoms with E-state index in [0.29, 0.717) is 0 Å². The van der Waals surface area contributed by atoms with E-state index in [-0.39, 0.29) is 0 Å². The topological polar surface area (TPSA) is 0 Å². The summed E-state index contributed by atoms with van der Waals surface area (Å²) in [5.74, 6) is 0. The third-order valence-electron chi connectivity index (χ3n) is 1.87. The van der Waals surface area contributed by atoms with E-state index in [0.717, 1.165) is 30.7 Å². The van der Waals surface area contributed by atoms with Crippen LogP contribution in [0.2, 0.25) is 0 Å². The van der Waals surface area contributed by atoms with Crippen LogP contribution >= 0.6 is 50.5 Å². The standard InChI is InChI=1S/C8H10S4/c1-3-5(9)7(11)4(2)8(12)6(3)10/h9-12H,1-2H3. The van der Waals surface area contributed by atoms with Crippen molar-refractivity contribution in [2.75, 3.05) is 0 Å². The van der Waals surface area contributed by atoms with Crippen LogP contribution in [0.1, 0.15) is 11.1 Å². The van der Waals surface area contributed by atoms with Crippen molar-refractivity contribution in [2.24, 2.45) is 0 Å². The zero-order valence-corrected chi connectivity index (χ0v) is 10.4. The Morgan fingerprint density at radius 1 is 0.583 bits per heavy atom. The van der Waals surface area contributed by atoms with Crippen molar-refractivity contribution in [1.29, 1.82) is 0 Å². The number of benzene rings is 1. The molecule has 0 bridgehead atoms. The van der Waals surface area contributed by atoms with E-state index in [1.165, 1.54) is 0 Å². The van der Waals surface area contributed by atoms with Crippen LogP contribution in [-0.2, 0) is 0 Å². The lowest BCUT2D eigenvalue weighted by atomic mass is 10.1. The number of rotatable bonds is 0. The van der Waals surface area contributed by atoms with Crippen molar-refractivity contribution in [3.8, 4) is 0 Å². The molecule has 0 aliphatic rings. The van der Waals surface area contributed by atoms with Gasteiger partial charge in [-0.1, -0.05) is 0 Å². The molecule has 4 heteroatoms. The Morgan fingerprint density at radius 3 is 0.917 bits per heavy atom. The van der Waals surface area contributed by atoms with E-state index in [1.807, 2.05) is 13.8 Å². The summed E-state index contributed by atoms with van der Waals surface area (Å²) in [4.78, 5) is 3.55. The summed E-state index contributed by atoms with van der Waals surface area (Å²) in [5.41, 5.74) is 2.06. The maximum atomic E-state index is 4.34. The SMILES string of the molecule is Cc1c(S)c(S)c(C)c(S)c1S. The van der Waals surface area contributed by atoms with Gasteiger partial charge in [0.2, 0.25) is 0 Å². The summed E-state index contributed by atoms with van der Waals surface area (Å²) in [5, 5.41) is 0. The Bertz CT molecular complexity index is 225. The highest BCUT2D eigenvalue weighted by molar-refractivity contribution is 7.84. The second kappa shape index (κ2) is 3.78. The predicted octanol–water partition coefficient (Wildman–Crippen LogP) is 3.46. The normalized spacial score (nSPS) is 10.5. The van der Waals surface area contributed by atoms with Crippen molar-refractivity contribution in [3.63, 3.8) is 0 Å². The molecule has 1 aromatic carbocycles. The Morgan fingerprint density at radius 2 is 0.750 bits per heavy atom. The van der Waals surface area contributed by atoms with Crippen LogP contribution < -0.4 is 0 Å². The largest absolute Gasteiger partial charge is 0.142 e. The maximum absolute atomic E-state index is 4.34. The molecule has 0 aromatic heterocycles. The molecule has 0 amide bonds. The van der Waals surface area contributed by atoms with Gasteiger partial charge >= 0.3 is 0 Å². The first-order valence-corrected chi connectivity index (χ1v) is 5.18. The molecule has 0 unspecified atom stereocenters. The van der Waals surface area contributed by atoms with Crippen molar-refractivity contribution in [3.05, 3.63) is 11.1 Å². The van der Waals surface area contributed by atoms with Crippen LogP contribution in [0.15, 0.2) is 19.6 Å². The first-order chi connectivity index (χ1) is 5.46. The van der Waals surface area contributed by atoms with E-state index in [1.54, 1.807) is 0 Å². The minimum absolute atomic E-state index is 0.888. The van der Waals surface area contributed by atoms with Crippen LogP contribution in [0.5, 0.6) is 0 Å². The van der Waals surface area contributed by atoms with Gasteiger partial charge in [-0.05, 0) is 25.0 Å². The van der Waals surface area contributed by atoms with Crippen LogP contribution in [0, 0.1) is 13.8 Å². The molecular formula is C8H10S4. The molecular weight excluding hydrogens is 224 g/mol. The van der Waals surface area contributed by atoms with Gasteiger partial charge in [-0.2, -0.15) is 0 Å². The number of hydrogen-bond donors (Lipinski definition) is 4. The summed E-state index contributed by atoms with van der Waals surface area (Å²) in [7, 11) is 0. The molecule has 0 aliphatic carbocycles. The molecule has 0 atom stereocenters. The van der Waals surface area contributed by atoms with E-state index >= 15 is 0 Å². The second-order valence-electron chi connectivity index (χ2n) is 2.64. The second-order valence-corrected chi connectivity index (χ2v) is 4.43. The van der Waals surface area contributed by atoms with E-state index in [2.05, 4.69) is 50.5 Å². The van der Waals surface area contributed by atoms with Gasteiger partial charge in [0.15, 0.2) is 0 Å². The minimum atomic E-state index is 0.888. The van der Waals surface area contributed by atoms with Crippen molar-refractivity contribution in [1.82, 2.24) is 0 Å². The van der Waals surface area contributed by atoms with E-state index < -0.39 is 0 Å². The lowest BCUT2D eigenvalue weighted by molar-refractivity contribution is 0.985. The van der Waals surface area contributed by atoms with Crippen LogP contribution in [-0.4, -0.2) is 0 Å². The predicted molar refractivity (Wildman–Crippen MR) is 64.9 cm³/mol. The Balaban J connectivity index is 3.60. The summed E-state index contributed by atoms with van der Waals surface area (Å²) >= 11 is 17.4. The van der Waals surface area contributed by atoms with Gasteiger partial charge < -0.3 is 0 Å². The number of hydrogen-bond acceptors (Lipinski definition) is 4. The highest BCUT2D eigenvalue weighted by Crippen LogP contribution is 2.36. The average molecular weight is 234 g/mol. The molecule has 0 fully saturated rings. The fourth-order valence-corrected chi connectivity index (χ4v) is 2.23. The van der Waals surface area contributed by atoms with Crippen LogP contribution in [0.4, 0.5) is 0 Å². The van der Waals surface area contributed by atoms with E-state index in [4.69, 9.17) is 0 Å². The van der Waals surface area contributed by atoms with Gasteiger partial charge in [0, 0.05) is 19.6 Å². The molecule has 1 aromatic rings. The summed E-state index contributed by atoms with van der Waals surface area (Å²) < 4.78 is 0. The first kappa shape index (κ1) is 10.7. The molecule has 0 saturated carbocycles. The molecule has 0 N–H and O–H groups in total. The molecule has 0 spiro atoms. The summed E-state index contributed by atoms with van der Waals surface area (Å²) in [6, 6.07) is 0. The lowest BCUT2D eigenvalue weighted by Gasteiger charge is -2.12. The Hall–Kier alpha value is 0.620. The molecule has 1 rings (SSSR count). The van der Waals surface area contributed by atoms with Gasteiger partial charge in [-0.25, -0.2) is 0 Å². The molecule has 66 valence electrons. The zero-order chi connectivity index (χ0) is 9.46. The maximum Gasteiger partial charge on any atom is 0.0218 e. The van der Waals surface area contributed by atoms with Gasteiger partial charge in [-0.3, -0.25) is 0 Å². The van der Waals surface area contributed by atoms with Crippen LogP contribution in [0.3, 0.4) is 0 Å². The molecule has 0 radical (unpaired) electrons. The first-order valence-electron chi connectivity index (χ1n) is 3.39. The Kier molecular flexibility index (Phi) is 3.37. The highest BCUT2D eigenvalue weighted by atomic mass is 32.1. The van der Waals surface area contributed by atoms with Gasteiger partial charge in [-0.15, -0.1) is 50.5 Å². The monoisotopic (exact) mass is 234 g/mol. The lowest BCUT2D eigenvalue weighted by Crippen LogP contribution is -1.89. The van der Waals surface area contributed by atoms with Crippen molar-refractivity contribution in [2.45, 2.75) is 33.4 Å². The highest BCUT2D eigenvalue weighted by Gasteiger charge is 2.10. The van der Waals surface area contributed by atoms with Crippen molar-refractivity contribution < 1.29 is 0 Å². The summed E-state index contributed by atoms with van der Waals surface area (Å²) in [6.45, 7) is 3.92. The zero-order valence-electron chi connectivity index (χ0n) is 6.79. The molecule has 0 aliphatic heterocycles. The van der Waals surface area contributed by atoms with Gasteiger partial charge in [0.1, 0.15) is 0 Å². The van der Waals surface area contributed by atoms with E-state index in [9.17, 15) is 0 Å². The molecule has 12 heavy (non-hydrogen) atoms. The third-order valence-corrected chi connectivity index (χ3v) is 4.46. The molecule has 0 nitrogen and oxygen atoms in total. The summed E-state index contributed by atoms with van der Waals surface area (Å²) in [6.07, 6.45) is 0. The smallest absolute Gasteiger partial charge is 0.0218 e. The van der Waals surface area contributed by atoms with Gasteiger partial charge in [0.05, 0.1) is 0 Å². The minimum Gasteiger partial charge on any atom is -0.142 e. The molecule has 0 heterocycles. The third kappa shape index (κ3) is 1.62. The van der Waals surface area contributed by atoms with Gasteiger partial charge in [0.25, 0.3) is 0 Å². The van der Waals surface area contributed by atoms with Crippen molar-refractivity contribution >= 4 is 50.5 Å². The average Bonchev–Trinajstić information content (AvgIpc) is 2.08. The quantitative estimate of drug-likeness (QED) is 0.486. The van der Waals surface area contributed by atoms with Crippen LogP contribution in [0.25, 0.3) is 0 Å². The number of thiol groups is 4. The Labute approximate surface area is 94.8 Å².